The van der Waals surface area contributed by atoms with Crippen LogP contribution in [0, 0.1) is 6.92 Å². The number of hydrogen-bond acceptors (Lipinski definition) is 6. The summed E-state index contributed by atoms with van der Waals surface area (Å²) in [5.41, 5.74) is 0.927. The van der Waals surface area contributed by atoms with Crippen molar-refractivity contribution >= 4 is 33.3 Å². The molecule has 0 aliphatic rings. The number of aromatic nitrogens is 5. The molecule has 0 spiro atoms. The second kappa shape index (κ2) is 4.71. The lowest BCUT2D eigenvalue weighted by atomic mass is 10.4. The Balaban J connectivity index is 1.95. The smallest absolute Gasteiger partial charge is 0.279 e. The highest BCUT2D eigenvalue weighted by Crippen LogP contribution is 2.19. The van der Waals surface area contributed by atoms with Crippen LogP contribution in [0.2, 0.25) is 0 Å². The van der Waals surface area contributed by atoms with Crippen molar-refractivity contribution in [2.75, 3.05) is 5.32 Å². The van der Waals surface area contributed by atoms with Gasteiger partial charge in [0.15, 0.2) is 10.3 Å². The molecule has 0 aliphatic heterocycles. The summed E-state index contributed by atoms with van der Waals surface area (Å²) < 4.78 is 1.83. The van der Waals surface area contributed by atoms with E-state index in [9.17, 15) is 4.79 Å². The summed E-state index contributed by atoms with van der Waals surface area (Å²) in [6.07, 6.45) is 3.56. The topological polar surface area (TPSA) is 88.5 Å². The second-order valence-corrected chi connectivity index (χ2v) is 5.91. The Hall–Kier alpha value is -2.22. The Kier molecular flexibility index (Phi) is 3.01. The summed E-state index contributed by atoms with van der Waals surface area (Å²) >= 11 is 1.40. The van der Waals surface area contributed by atoms with Crippen LogP contribution in [0.15, 0.2) is 17.2 Å². The molecule has 0 radical (unpaired) electrons. The number of H-pyrrole nitrogens is 1. The first-order chi connectivity index (χ1) is 9.52. The van der Waals surface area contributed by atoms with E-state index in [1.165, 1.54) is 11.3 Å². The molecular formula is C12H14N6OS. The van der Waals surface area contributed by atoms with Crippen molar-refractivity contribution in [1.82, 2.24) is 24.7 Å². The van der Waals surface area contributed by atoms with Gasteiger partial charge < -0.3 is 5.32 Å². The van der Waals surface area contributed by atoms with Crippen LogP contribution in [-0.2, 0) is 0 Å². The third-order valence-electron chi connectivity index (χ3n) is 2.77. The number of thiazole rings is 1. The highest BCUT2D eigenvalue weighted by Gasteiger charge is 2.09. The number of rotatable bonds is 3. The number of aromatic amines is 1. The van der Waals surface area contributed by atoms with Gasteiger partial charge in [-0.3, -0.25) is 14.5 Å². The second-order valence-electron chi connectivity index (χ2n) is 4.73. The van der Waals surface area contributed by atoms with E-state index in [0.717, 1.165) is 10.7 Å². The summed E-state index contributed by atoms with van der Waals surface area (Å²) in [6, 6.07) is 0.282. The fourth-order valence-electron chi connectivity index (χ4n) is 1.82. The predicted octanol–water partition coefficient (Wildman–Crippen LogP) is 2.21. The van der Waals surface area contributed by atoms with Crippen molar-refractivity contribution in [3.05, 3.63) is 27.8 Å². The molecular weight excluding hydrogens is 276 g/mol. The molecule has 0 bridgehead atoms. The lowest BCUT2D eigenvalue weighted by Gasteiger charge is -2.04. The molecule has 0 atom stereocenters. The fourth-order valence-corrected chi connectivity index (χ4v) is 2.61. The van der Waals surface area contributed by atoms with E-state index < -0.39 is 0 Å². The number of nitrogens with zero attached hydrogens (tertiary/aromatic N) is 4. The Morgan fingerprint density at radius 1 is 1.40 bits per heavy atom. The zero-order chi connectivity index (χ0) is 14.3. The minimum atomic E-state index is -0.238. The van der Waals surface area contributed by atoms with Crippen LogP contribution in [0.1, 0.15) is 24.9 Å². The molecule has 0 unspecified atom stereocenters. The van der Waals surface area contributed by atoms with Crippen LogP contribution < -0.4 is 10.9 Å². The summed E-state index contributed by atoms with van der Waals surface area (Å²) in [5.74, 6) is 0.398. The summed E-state index contributed by atoms with van der Waals surface area (Å²) in [6.45, 7) is 5.94. The summed E-state index contributed by atoms with van der Waals surface area (Å²) in [4.78, 5) is 23.7. The number of fused-ring (bicyclic) bond motifs is 1. The lowest BCUT2D eigenvalue weighted by molar-refractivity contribution is 0.532. The van der Waals surface area contributed by atoms with E-state index in [2.05, 4.69) is 25.4 Å². The van der Waals surface area contributed by atoms with Gasteiger partial charge in [0.05, 0.1) is 16.9 Å². The summed E-state index contributed by atoms with van der Waals surface area (Å²) in [5, 5.41) is 8.10. The van der Waals surface area contributed by atoms with Gasteiger partial charge in [-0.1, -0.05) is 11.3 Å². The van der Waals surface area contributed by atoms with E-state index in [0.29, 0.717) is 16.3 Å². The Morgan fingerprint density at radius 2 is 2.20 bits per heavy atom. The molecule has 0 fully saturated rings. The van der Waals surface area contributed by atoms with Crippen molar-refractivity contribution in [3.63, 3.8) is 0 Å². The molecule has 7 nitrogen and oxygen atoms in total. The van der Waals surface area contributed by atoms with Crippen LogP contribution in [0.25, 0.3) is 10.3 Å². The Bertz CT molecular complexity index is 815. The van der Waals surface area contributed by atoms with Gasteiger partial charge in [0.1, 0.15) is 0 Å². The minimum absolute atomic E-state index is 0.238. The molecule has 2 N–H and O–H groups in total. The summed E-state index contributed by atoms with van der Waals surface area (Å²) in [7, 11) is 0. The van der Waals surface area contributed by atoms with E-state index in [-0.39, 0.29) is 11.6 Å². The molecule has 8 heteroatoms. The van der Waals surface area contributed by atoms with Crippen LogP contribution in [-0.4, -0.2) is 24.7 Å². The number of anilines is 2. The first-order valence-electron chi connectivity index (χ1n) is 6.21. The zero-order valence-electron chi connectivity index (χ0n) is 11.3. The number of hydrogen-bond donors (Lipinski definition) is 2. The lowest BCUT2D eigenvalue weighted by Crippen LogP contribution is -2.10. The molecule has 0 aliphatic carbocycles. The van der Waals surface area contributed by atoms with Gasteiger partial charge >= 0.3 is 0 Å². The van der Waals surface area contributed by atoms with Gasteiger partial charge in [0.2, 0.25) is 5.95 Å². The van der Waals surface area contributed by atoms with Crippen molar-refractivity contribution in [2.45, 2.75) is 26.8 Å². The molecule has 3 aromatic heterocycles. The fraction of sp³-hybridized carbons (Fsp3) is 0.333. The average Bonchev–Trinajstić information content (AvgIpc) is 2.95. The third kappa shape index (κ3) is 2.29. The molecule has 0 saturated heterocycles. The Morgan fingerprint density at radius 3 is 2.90 bits per heavy atom. The van der Waals surface area contributed by atoms with E-state index in [4.69, 9.17) is 0 Å². The minimum Gasteiger partial charge on any atom is -0.323 e. The van der Waals surface area contributed by atoms with Crippen LogP contribution in [0.4, 0.5) is 11.6 Å². The van der Waals surface area contributed by atoms with E-state index in [1.54, 1.807) is 6.20 Å². The van der Waals surface area contributed by atoms with Crippen LogP contribution in [0.3, 0.4) is 0 Å². The molecule has 20 heavy (non-hydrogen) atoms. The van der Waals surface area contributed by atoms with E-state index >= 15 is 0 Å². The van der Waals surface area contributed by atoms with Gasteiger partial charge in [0, 0.05) is 12.2 Å². The molecule has 0 saturated carbocycles. The van der Waals surface area contributed by atoms with Crippen molar-refractivity contribution in [3.8, 4) is 0 Å². The van der Waals surface area contributed by atoms with Gasteiger partial charge in [-0.15, -0.1) is 0 Å². The number of aryl methyl sites for hydroxylation is 1. The standard InChI is InChI=1S/C12H14N6OS/c1-6(2)18-5-8(4-13-18)15-12-16-10(19)9-11(17-12)20-7(3)14-9/h4-6H,1-3H3,(H2,15,16,17,19). The molecule has 0 amide bonds. The zero-order valence-corrected chi connectivity index (χ0v) is 12.2. The Labute approximate surface area is 118 Å². The largest absolute Gasteiger partial charge is 0.323 e. The average molecular weight is 290 g/mol. The maximum atomic E-state index is 11.9. The maximum Gasteiger partial charge on any atom is 0.279 e. The maximum absolute atomic E-state index is 11.9. The predicted molar refractivity (Wildman–Crippen MR) is 78.7 cm³/mol. The first kappa shape index (κ1) is 12.8. The van der Waals surface area contributed by atoms with Gasteiger partial charge in [-0.2, -0.15) is 5.10 Å². The van der Waals surface area contributed by atoms with Crippen molar-refractivity contribution < 1.29 is 0 Å². The number of nitrogens with one attached hydrogen (secondary N) is 2. The van der Waals surface area contributed by atoms with Gasteiger partial charge in [0.25, 0.3) is 5.56 Å². The molecule has 3 aromatic rings. The molecule has 3 rings (SSSR count). The quantitative estimate of drug-likeness (QED) is 0.772. The molecule has 0 aromatic carbocycles. The van der Waals surface area contributed by atoms with E-state index in [1.807, 2.05) is 31.6 Å². The van der Waals surface area contributed by atoms with Crippen molar-refractivity contribution in [1.29, 1.82) is 0 Å². The highest BCUT2D eigenvalue weighted by atomic mass is 32.1. The third-order valence-corrected chi connectivity index (χ3v) is 3.63. The molecule has 104 valence electrons. The van der Waals surface area contributed by atoms with Gasteiger partial charge in [-0.05, 0) is 20.8 Å². The van der Waals surface area contributed by atoms with Gasteiger partial charge in [-0.25, -0.2) is 9.97 Å². The van der Waals surface area contributed by atoms with Crippen molar-refractivity contribution in [2.24, 2.45) is 0 Å². The van der Waals surface area contributed by atoms with Crippen LogP contribution in [0.5, 0.6) is 0 Å². The first-order valence-corrected chi connectivity index (χ1v) is 7.03. The monoisotopic (exact) mass is 290 g/mol. The van der Waals surface area contributed by atoms with Crippen LogP contribution >= 0.6 is 11.3 Å². The highest BCUT2D eigenvalue weighted by molar-refractivity contribution is 7.18. The normalized spacial score (nSPS) is 11.4. The SMILES string of the molecule is Cc1nc2c(=O)[nH]c(Nc3cnn(C(C)C)c3)nc2s1. The molecule has 3 heterocycles.